The lowest BCUT2D eigenvalue weighted by molar-refractivity contribution is -0.0567. The summed E-state index contributed by atoms with van der Waals surface area (Å²) in [5, 5.41) is 22.8. The number of anilines is 1. The monoisotopic (exact) mass is 988 g/mol. The Morgan fingerprint density at radius 1 is 0.864 bits per heavy atom. The lowest BCUT2D eigenvalue weighted by atomic mass is 10.2. The topological polar surface area (TPSA) is 271 Å². The van der Waals surface area contributed by atoms with Gasteiger partial charge in [-0.3, -0.25) is 41.8 Å². The van der Waals surface area contributed by atoms with E-state index in [0.29, 0.717) is 15.6 Å². The van der Waals surface area contributed by atoms with Crippen LogP contribution in [-0.4, -0.2) is 74.4 Å². The molecule has 2 saturated heterocycles. The molecule has 2 aromatic heterocycles. The summed E-state index contributed by atoms with van der Waals surface area (Å²) < 4.78 is 78.4. The number of benzene rings is 3. The fourth-order valence-electron chi connectivity index (χ4n) is 6.66. The van der Waals surface area contributed by atoms with Gasteiger partial charge in [0.1, 0.15) is 54.2 Å². The van der Waals surface area contributed by atoms with Gasteiger partial charge < -0.3 is 28.9 Å². The van der Waals surface area contributed by atoms with Gasteiger partial charge in [0.25, 0.3) is 11.5 Å². The van der Waals surface area contributed by atoms with Crippen LogP contribution in [0.4, 0.5) is 5.82 Å². The van der Waals surface area contributed by atoms with Crippen LogP contribution in [0.3, 0.4) is 0 Å². The zero-order valence-electron chi connectivity index (χ0n) is 34.5. The predicted octanol–water partition coefficient (Wildman–Crippen LogP) is 6.32. The van der Waals surface area contributed by atoms with Crippen LogP contribution in [0.2, 0.25) is 10.0 Å². The van der Waals surface area contributed by atoms with Crippen LogP contribution in [0.25, 0.3) is 0 Å². The van der Waals surface area contributed by atoms with Crippen molar-refractivity contribution in [3.05, 3.63) is 150 Å². The van der Waals surface area contributed by atoms with Crippen LogP contribution in [0, 0.1) is 18.3 Å². The first-order chi connectivity index (χ1) is 31.6. The molecule has 2 fully saturated rings. The number of aliphatic hydroxyl groups excluding tert-OH is 1. The number of aromatic amines is 1. The summed E-state index contributed by atoms with van der Waals surface area (Å²) in [6, 6.07) is 22.9. The Labute approximate surface area is 384 Å². The number of carbonyl (C=O) groups excluding carboxylic acids is 1. The number of H-pyrrole nitrogens is 1. The molecule has 2 aliphatic rings. The summed E-state index contributed by atoms with van der Waals surface area (Å²) in [6.45, 7) is -0.324. The van der Waals surface area contributed by atoms with Crippen LogP contribution in [0.15, 0.2) is 112 Å². The van der Waals surface area contributed by atoms with E-state index in [4.69, 9.17) is 59.8 Å². The molecule has 0 aliphatic carbocycles. The quantitative estimate of drug-likeness (QED) is 0.0603. The van der Waals surface area contributed by atoms with Crippen molar-refractivity contribution in [3.63, 3.8) is 0 Å². The second kappa shape index (κ2) is 21.4. The molecule has 0 unspecified atom stereocenters. The second-order valence-electron chi connectivity index (χ2n) is 14.5. The number of amides is 1. The molecule has 0 saturated carbocycles. The van der Waals surface area contributed by atoms with Crippen molar-refractivity contribution >= 4 is 50.6 Å². The SMILES string of the molecule is Cc1cn([C@@H]2C[C@H](O[P@](=O)(OCCC#N)Oc3ccc(Cl)cc3)[C@H](CO[P@](=O)(Oc3ccc(Cl)cc3)O[C@@H]3C[C@@H](n4ccc(NC(=O)c5ccccc5)nc4=O)O[C@@H]3CO)O2)c(=O)[nH]c1=O. The molecule has 21 nitrogen and oxygen atoms in total. The maximum atomic E-state index is 14.8. The number of ether oxygens (including phenoxy) is 2. The van der Waals surface area contributed by atoms with Crippen LogP contribution < -0.4 is 31.3 Å². The third kappa shape index (κ3) is 12.3. The van der Waals surface area contributed by atoms with Crippen molar-refractivity contribution < 1.29 is 55.6 Å². The van der Waals surface area contributed by atoms with Gasteiger partial charge in [0.2, 0.25) is 0 Å². The van der Waals surface area contributed by atoms with Gasteiger partial charge in [0.05, 0.1) is 32.3 Å². The number of aryl methyl sites for hydroxylation is 1. The molecule has 3 aromatic carbocycles. The predicted molar refractivity (Wildman–Crippen MR) is 234 cm³/mol. The van der Waals surface area contributed by atoms with E-state index in [0.717, 1.165) is 9.13 Å². The van der Waals surface area contributed by atoms with Gasteiger partial charge >= 0.3 is 27.0 Å². The number of aromatic nitrogens is 4. The molecule has 4 heterocycles. The molecule has 8 atom stereocenters. The second-order valence-corrected chi connectivity index (χ2v) is 18.5. The number of phosphoric ester groups is 2. The van der Waals surface area contributed by atoms with E-state index in [1.165, 1.54) is 73.9 Å². The molecule has 0 bridgehead atoms. The van der Waals surface area contributed by atoms with Crippen LogP contribution >= 0.6 is 38.8 Å². The Kier molecular flexibility index (Phi) is 15.8. The molecule has 0 spiro atoms. The smallest absolute Gasteiger partial charge is 0.404 e. The van der Waals surface area contributed by atoms with Gasteiger partial charge in [-0.25, -0.2) is 18.7 Å². The van der Waals surface area contributed by atoms with Crippen molar-refractivity contribution in [1.82, 2.24) is 19.1 Å². The van der Waals surface area contributed by atoms with Crippen molar-refractivity contribution in [3.8, 4) is 17.6 Å². The normalized spacial score (nSPS) is 22.2. The third-order valence-corrected chi connectivity index (χ3v) is 13.3. The fraction of sp³-hybridized carbons (Fsp3) is 0.317. The highest BCUT2D eigenvalue weighted by Gasteiger charge is 2.48. The number of aliphatic hydroxyl groups is 1. The first kappa shape index (κ1) is 48.5. The lowest BCUT2D eigenvalue weighted by Gasteiger charge is -2.27. The Bertz CT molecular complexity index is 2830. The van der Waals surface area contributed by atoms with Crippen molar-refractivity contribution in [1.29, 1.82) is 5.26 Å². The molecule has 5 aromatic rings. The number of nitrogens with zero attached hydrogens (tertiary/aromatic N) is 4. The standard InChI is InChI=1S/C41H40Cl2N6O15P2/c1-25-22-49(41(54)47-38(25)51)37-21-32(64-65(55,57-19-5-17-44)61-29-12-8-27(42)9-13-29)34(60-37)24-58-66(56,62-30-14-10-28(43)11-15-30)63-31-20-36(59-33(31)23-50)48-18-16-35(46-40(48)53)45-39(52)26-6-3-2-4-7-26/h2-4,6-16,18,22,31-34,36-37,50H,5,19-21,23-24H2,1H3,(H,47,51,54)(H,45,46,52,53)/t31-,32+,33-,34+,36+,37+,65-,66-/m1/s1. The molecule has 25 heteroatoms. The maximum absolute atomic E-state index is 14.8. The van der Waals surface area contributed by atoms with Gasteiger partial charge in [0.15, 0.2) is 0 Å². The first-order valence-electron chi connectivity index (χ1n) is 20.0. The summed E-state index contributed by atoms with van der Waals surface area (Å²) >= 11 is 12.1. The minimum atomic E-state index is -4.88. The molecule has 66 heavy (non-hydrogen) atoms. The average molecular weight is 990 g/mol. The maximum Gasteiger partial charge on any atom is 0.530 e. The highest BCUT2D eigenvalue weighted by atomic mass is 35.5. The number of carbonyl (C=O) groups is 1. The summed E-state index contributed by atoms with van der Waals surface area (Å²) in [6.07, 6.45) is -5.60. The van der Waals surface area contributed by atoms with E-state index in [9.17, 15) is 38.7 Å². The van der Waals surface area contributed by atoms with E-state index in [1.54, 1.807) is 30.3 Å². The summed E-state index contributed by atoms with van der Waals surface area (Å²) in [7, 11) is -9.54. The highest BCUT2D eigenvalue weighted by Crippen LogP contribution is 2.56. The van der Waals surface area contributed by atoms with Crippen LogP contribution in [0.5, 0.6) is 11.5 Å². The van der Waals surface area contributed by atoms with Crippen LogP contribution in [-0.2, 0) is 36.7 Å². The van der Waals surface area contributed by atoms with E-state index < -0.39 is 88.6 Å². The fourth-order valence-corrected chi connectivity index (χ4v) is 9.74. The molecule has 7 rings (SSSR count). The number of nitriles is 1. The van der Waals surface area contributed by atoms with Gasteiger partial charge in [-0.05, 0) is 73.7 Å². The first-order valence-corrected chi connectivity index (χ1v) is 23.6. The molecule has 0 radical (unpaired) electrons. The highest BCUT2D eigenvalue weighted by molar-refractivity contribution is 7.49. The number of hydrogen-bond donors (Lipinski definition) is 3. The summed E-state index contributed by atoms with van der Waals surface area (Å²) in [5.41, 5.74) is -1.83. The number of halogens is 2. The van der Waals surface area contributed by atoms with E-state index in [1.807, 2.05) is 6.07 Å². The summed E-state index contributed by atoms with van der Waals surface area (Å²) in [4.78, 5) is 57.3. The summed E-state index contributed by atoms with van der Waals surface area (Å²) in [5.74, 6) is -0.551. The lowest BCUT2D eigenvalue weighted by Crippen LogP contribution is -2.33. The zero-order valence-corrected chi connectivity index (χ0v) is 37.8. The number of phosphoric acid groups is 2. The molecule has 348 valence electrons. The van der Waals surface area contributed by atoms with Crippen LogP contribution in [0.1, 0.15) is 47.6 Å². The minimum Gasteiger partial charge on any atom is -0.404 e. The molecular weight excluding hydrogens is 949 g/mol. The van der Waals surface area contributed by atoms with E-state index in [-0.39, 0.29) is 48.7 Å². The van der Waals surface area contributed by atoms with E-state index >= 15 is 0 Å². The average Bonchev–Trinajstić information content (AvgIpc) is 3.88. The Hall–Kier alpha value is -5.46. The Morgan fingerprint density at radius 3 is 2.03 bits per heavy atom. The molecule has 3 N–H and O–H groups in total. The zero-order chi connectivity index (χ0) is 47.0. The number of nitrogens with one attached hydrogen (secondary N) is 2. The molecule has 2 aliphatic heterocycles. The van der Waals surface area contributed by atoms with Crippen molar-refractivity contribution in [2.75, 3.05) is 25.1 Å². The molecule has 1 amide bonds. The van der Waals surface area contributed by atoms with Gasteiger partial charge in [-0.1, -0.05) is 41.4 Å². The minimum absolute atomic E-state index is 0.0176. The third-order valence-electron chi connectivity index (χ3n) is 9.87. The number of hydrogen-bond acceptors (Lipinski definition) is 17. The Balaban J connectivity index is 1.14. The van der Waals surface area contributed by atoms with Gasteiger partial charge in [0, 0.05) is 46.4 Å². The van der Waals surface area contributed by atoms with Gasteiger partial charge in [-0.15, -0.1) is 0 Å². The van der Waals surface area contributed by atoms with Gasteiger partial charge in [-0.2, -0.15) is 10.2 Å². The van der Waals surface area contributed by atoms with E-state index in [2.05, 4.69) is 15.3 Å². The van der Waals surface area contributed by atoms with Crippen molar-refractivity contribution in [2.24, 2.45) is 0 Å². The number of rotatable bonds is 19. The molecular formula is C41H40Cl2N6O15P2. The Morgan fingerprint density at radius 2 is 1.44 bits per heavy atom. The van der Waals surface area contributed by atoms with Crippen molar-refractivity contribution in [2.45, 2.75) is 63.1 Å². The largest absolute Gasteiger partial charge is 0.530 e.